The van der Waals surface area contributed by atoms with Gasteiger partial charge >= 0.3 is 0 Å². The first-order chi connectivity index (χ1) is 14.3. The molecule has 0 bridgehead atoms. The summed E-state index contributed by atoms with van der Waals surface area (Å²) in [7, 11) is 1.55. The van der Waals surface area contributed by atoms with Crippen LogP contribution in [0.2, 0.25) is 0 Å². The van der Waals surface area contributed by atoms with E-state index in [-0.39, 0.29) is 5.75 Å². The molecule has 7 nitrogen and oxygen atoms in total. The molecule has 0 aromatic heterocycles. The van der Waals surface area contributed by atoms with Crippen LogP contribution in [0.15, 0.2) is 53.7 Å². The molecule has 2 aromatic rings. The average Bonchev–Trinajstić information content (AvgIpc) is 2.73. The highest BCUT2D eigenvalue weighted by atomic mass is 19.3. The minimum absolute atomic E-state index is 0.0924. The number of ether oxygens (including phenoxy) is 2. The zero-order chi connectivity index (χ0) is 21.9. The van der Waals surface area contributed by atoms with E-state index in [0.29, 0.717) is 17.7 Å². The van der Waals surface area contributed by atoms with E-state index >= 15 is 0 Å². The van der Waals surface area contributed by atoms with Crippen LogP contribution in [0.5, 0.6) is 11.5 Å². The molecule has 0 unspecified atom stereocenters. The van der Waals surface area contributed by atoms with Gasteiger partial charge < -0.3 is 24.8 Å². The maximum atomic E-state index is 14.9. The van der Waals surface area contributed by atoms with E-state index in [4.69, 9.17) is 9.47 Å². The van der Waals surface area contributed by atoms with Gasteiger partial charge in [0.25, 0.3) is 5.92 Å². The molecule has 3 rings (SSSR count). The summed E-state index contributed by atoms with van der Waals surface area (Å²) in [4.78, 5) is 11.0. The van der Waals surface area contributed by atoms with Crippen molar-refractivity contribution >= 4 is 0 Å². The molecule has 0 amide bonds. The van der Waals surface area contributed by atoms with Crippen molar-refractivity contribution in [1.29, 1.82) is 0 Å². The Bertz CT molecular complexity index is 863. The molecular weight excluding hydrogens is 400 g/mol. The van der Waals surface area contributed by atoms with Gasteiger partial charge in [-0.1, -0.05) is 35.5 Å². The van der Waals surface area contributed by atoms with Gasteiger partial charge in [0, 0.05) is 6.42 Å². The van der Waals surface area contributed by atoms with Crippen LogP contribution < -0.4 is 9.47 Å². The zero-order valence-electron chi connectivity index (χ0n) is 16.2. The second-order valence-corrected chi connectivity index (χ2v) is 7.21. The molecule has 0 heterocycles. The topological polar surface area (TPSA) is 109 Å². The number of aliphatic hydroxyl groups is 3. The van der Waals surface area contributed by atoms with Gasteiger partial charge in [-0.05, 0) is 29.3 Å². The highest BCUT2D eigenvalue weighted by Gasteiger charge is 2.63. The first-order valence-electron chi connectivity index (χ1n) is 9.38. The fourth-order valence-corrected chi connectivity index (χ4v) is 3.65. The highest BCUT2D eigenvalue weighted by Crippen LogP contribution is 2.42. The molecule has 0 saturated heterocycles. The summed E-state index contributed by atoms with van der Waals surface area (Å²) in [6.45, 7) is -1.10. The molecule has 5 atom stereocenters. The third-order valence-electron chi connectivity index (χ3n) is 5.39. The van der Waals surface area contributed by atoms with Gasteiger partial charge in [0.15, 0.2) is 6.10 Å². The summed E-state index contributed by atoms with van der Waals surface area (Å²) in [6, 6.07) is 11.9. The molecule has 1 saturated carbocycles. The van der Waals surface area contributed by atoms with Crippen molar-refractivity contribution in [2.24, 2.45) is 11.1 Å². The van der Waals surface area contributed by atoms with Gasteiger partial charge in [-0.25, -0.2) is 8.78 Å². The number of nitroso groups, excluding NO2 is 1. The normalized spacial score (nSPS) is 28.0. The standard InChI is InChI=1S/C21H23F2NO6/c1-29-14-8-6-12(7-9-14)10-13-4-2-3-5-16(13)30-20-19(27)17(24-28)18(26)15(11-25)21(20,22)23/h2-9,15,17-20,25-27H,10-11H2,1H3/t15-,17+,18-,19-,20+/m1/s1. The van der Waals surface area contributed by atoms with Crippen molar-refractivity contribution in [1.82, 2.24) is 0 Å². The van der Waals surface area contributed by atoms with Crippen molar-refractivity contribution in [3.05, 3.63) is 64.6 Å². The zero-order valence-corrected chi connectivity index (χ0v) is 16.2. The summed E-state index contributed by atoms with van der Waals surface area (Å²) < 4.78 is 40.4. The van der Waals surface area contributed by atoms with Gasteiger partial charge in [-0.15, -0.1) is 0 Å². The molecule has 1 fully saturated rings. The Balaban J connectivity index is 1.89. The fraction of sp³-hybridized carbons (Fsp3) is 0.429. The molecule has 1 aliphatic rings. The summed E-state index contributed by atoms with van der Waals surface area (Å²) in [6.07, 6.45) is -5.86. The lowest BCUT2D eigenvalue weighted by atomic mass is 9.76. The Labute approximate surface area is 171 Å². The SMILES string of the molecule is COc1ccc(Cc2ccccc2O[C@H]2[C@H](O)[C@@H](N=O)[C@H](O)[C@@H](CO)C2(F)F)cc1. The van der Waals surface area contributed by atoms with E-state index < -0.39 is 42.8 Å². The second-order valence-electron chi connectivity index (χ2n) is 7.21. The van der Waals surface area contributed by atoms with Gasteiger partial charge in [0.05, 0.1) is 25.7 Å². The van der Waals surface area contributed by atoms with E-state index in [9.17, 15) is 29.0 Å². The minimum atomic E-state index is -3.80. The molecule has 30 heavy (non-hydrogen) atoms. The number of hydrogen-bond donors (Lipinski definition) is 3. The lowest BCUT2D eigenvalue weighted by Gasteiger charge is -2.44. The van der Waals surface area contributed by atoms with Crippen molar-refractivity contribution in [3.8, 4) is 11.5 Å². The molecule has 1 aliphatic carbocycles. The summed E-state index contributed by atoms with van der Waals surface area (Å²) in [5, 5.41) is 32.2. The Morgan fingerprint density at radius 3 is 2.33 bits per heavy atom. The molecule has 162 valence electrons. The molecule has 0 spiro atoms. The molecule has 3 N–H and O–H groups in total. The van der Waals surface area contributed by atoms with Gasteiger partial charge in [-0.2, -0.15) is 4.91 Å². The van der Waals surface area contributed by atoms with Crippen molar-refractivity contribution in [3.63, 3.8) is 0 Å². The number of nitrogens with zero attached hydrogens (tertiary/aromatic N) is 1. The highest BCUT2D eigenvalue weighted by molar-refractivity contribution is 5.39. The lowest BCUT2D eigenvalue weighted by Crippen LogP contribution is -2.66. The lowest BCUT2D eigenvalue weighted by molar-refractivity contribution is -0.238. The van der Waals surface area contributed by atoms with Crippen LogP contribution >= 0.6 is 0 Å². The number of rotatable bonds is 7. The Kier molecular flexibility index (Phi) is 6.64. The number of hydrogen-bond acceptors (Lipinski definition) is 7. The third kappa shape index (κ3) is 4.14. The van der Waals surface area contributed by atoms with Crippen LogP contribution in [-0.4, -0.2) is 59.3 Å². The van der Waals surface area contributed by atoms with Crippen LogP contribution in [0, 0.1) is 10.8 Å². The van der Waals surface area contributed by atoms with Gasteiger partial charge in [0.1, 0.15) is 23.6 Å². The summed E-state index contributed by atoms with van der Waals surface area (Å²) in [5.74, 6) is -5.03. The van der Waals surface area contributed by atoms with E-state index in [1.54, 1.807) is 37.4 Å². The van der Waals surface area contributed by atoms with Gasteiger partial charge in [-0.3, -0.25) is 0 Å². The van der Waals surface area contributed by atoms with Crippen LogP contribution in [0.1, 0.15) is 11.1 Å². The molecule has 9 heteroatoms. The predicted molar refractivity (Wildman–Crippen MR) is 104 cm³/mol. The maximum Gasteiger partial charge on any atom is 0.294 e. The number of alkyl halides is 2. The number of benzene rings is 2. The van der Waals surface area contributed by atoms with Crippen LogP contribution in [0.4, 0.5) is 8.78 Å². The number of methoxy groups -OCH3 is 1. The maximum absolute atomic E-state index is 14.9. The summed E-state index contributed by atoms with van der Waals surface area (Å²) in [5.41, 5.74) is 1.45. The Morgan fingerprint density at radius 2 is 1.73 bits per heavy atom. The smallest absolute Gasteiger partial charge is 0.294 e. The quantitative estimate of drug-likeness (QED) is 0.589. The van der Waals surface area contributed by atoms with E-state index in [0.717, 1.165) is 5.56 Å². The second kappa shape index (κ2) is 9.03. The largest absolute Gasteiger partial charge is 0.497 e. The van der Waals surface area contributed by atoms with Crippen LogP contribution in [0.25, 0.3) is 0 Å². The monoisotopic (exact) mass is 423 g/mol. The first kappa shape index (κ1) is 22.1. The minimum Gasteiger partial charge on any atom is -0.497 e. The third-order valence-corrected chi connectivity index (χ3v) is 5.39. The Morgan fingerprint density at radius 1 is 1.07 bits per heavy atom. The number of halogens is 2. The molecule has 2 aromatic carbocycles. The Hall–Kier alpha value is -2.62. The average molecular weight is 423 g/mol. The fourth-order valence-electron chi connectivity index (χ4n) is 3.65. The summed E-state index contributed by atoms with van der Waals surface area (Å²) >= 11 is 0. The van der Waals surface area contributed by atoms with Crippen molar-refractivity contribution < 1.29 is 33.6 Å². The van der Waals surface area contributed by atoms with E-state index in [2.05, 4.69) is 5.18 Å². The van der Waals surface area contributed by atoms with Crippen molar-refractivity contribution in [2.75, 3.05) is 13.7 Å². The van der Waals surface area contributed by atoms with E-state index in [1.807, 2.05) is 12.1 Å². The van der Waals surface area contributed by atoms with Crippen molar-refractivity contribution in [2.45, 2.75) is 36.7 Å². The first-order valence-corrected chi connectivity index (χ1v) is 9.38. The van der Waals surface area contributed by atoms with Crippen LogP contribution in [-0.2, 0) is 6.42 Å². The predicted octanol–water partition coefficient (Wildman–Crippen LogP) is 2.15. The number of aliphatic hydroxyl groups excluding tert-OH is 3. The molecular formula is C21H23F2NO6. The molecule has 0 aliphatic heterocycles. The van der Waals surface area contributed by atoms with Gasteiger partial charge in [0.2, 0.25) is 0 Å². The molecule has 0 radical (unpaired) electrons. The van der Waals surface area contributed by atoms with E-state index in [1.165, 1.54) is 6.07 Å². The number of para-hydroxylation sites is 1. The van der Waals surface area contributed by atoms with Crippen LogP contribution in [0.3, 0.4) is 0 Å².